The Kier molecular flexibility index (Phi) is 8.33. The van der Waals surface area contributed by atoms with Crippen LogP contribution in [-0.4, -0.2) is 57.8 Å². The zero-order chi connectivity index (χ0) is 26.5. The van der Waals surface area contributed by atoms with Gasteiger partial charge in [-0.05, 0) is 63.6 Å². The maximum Gasteiger partial charge on any atom is 0.251 e. The van der Waals surface area contributed by atoms with Gasteiger partial charge in [0.1, 0.15) is 29.8 Å². The third kappa shape index (κ3) is 6.41. The smallest absolute Gasteiger partial charge is 0.251 e. The van der Waals surface area contributed by atoms with Crippen LogP contribution >= 0.6 is 0 Å². The monoisotopic (exact) mass is 498 g/mol. The summed E-state index contributed by atoms with van der Waals surface area (Å²) in [6.45, 7) is 9.21. The van der Waals surface area contributed by atoms with Gasteiger partial charge in [-0.1, -0.05) is 13.3 Å². The molecule has 1 atom stereocenters. The Morgan fingerprint density at radius 3 is 2.50 bits per heavy atom. The SMILES string of the molecule is CCCC(C(=O)NC(C)(C)C)N(C(=O)Cn1nnc(-c2ccc(C)o2)n1)c1ccc(OC)cc1OC. The van der Waals surface area contributed by atoms with Crippen molar-refractivity contribution in [2.75, 3.05) is 19.1 Å². The number of benzene rings is 1. The number of ether oxygens (including phenoxy) is 2. The lowest BCUT2D eigenvalue weighted by Gasteiger charge is -2.34. The van der Waals surface area contributed by atoms with Crippen LogP contribution < -0.4 is 19.7 Å². The standard InChI is InChI=1S/C25H34N6O5/c1-8-9-19(24(33)26-25(3,4)5)31(18-12-11-17(34-6)14-21(18)35-7)22(32)15-30-28-23(27-29-30)20-13-10-16(2)36-20/h10-14,19H,8-9,15H2,1-7H3,(H,26,33). The lowest BCUT2D eigenvalue weighted by Crippen LogP contribution is -2.54. The summed E-state index contributed by atoms with van der Waals surface area (Å²) in [4.78, 5) is 29.8. The van der Waals surface area contributed by atoms with Crippen molar-refractivity contribution < 1.29 is 23.5 Å². The molecule has 1 aromatic carbocycles. The van der Waals surface area contributed by atoms with Crippen molar-refractivity contribution in [3.8, 4) is 23.1 Å². The third-order valence-electron chi connectivity index (χ3n) is 5.28. The van der Waals surface area contributed by atoms with Gasteiger partial charge in [0.15, 0.2) is 5.76 Å². The molecular weight excluding hydrogens is 464 g/mol. The Bertz CT molecular complexity index is 1200. The average molecular weight is 499 g/mol. The van der Waals surface area contributed by atoms with E-state index in [1.165, 1.54) is 16.8 Å². The summed E-state index contributed by atoms with van der Waals surface area (Å²) in [5, 5.41) is 15.3. The van der Waals surface area contributed by atoms with Gasteiger partial charge in [0.2, 0.25) is 11.7 Å². The molecule has 0 aliphatic carbocycles. The second-order valence-corrected chi connectivity index (χ2v) is 9.40. The van der Waals surface area contributed by atoms with E-state index >= 15 is 0 Å². The Balaban J connectivity index is 2.01. The fraction of sp³-hybridized carbons (Fsp3) is 0.480. The Labute approximate surface area is 210 Å². The first kappa shape index (κ1) is 26.7. The normalized spacial score (nSPS) is 12.2. The van der Waals surface area contributed by atoms with Gasteiger partial charge in [0, 0.05) is 11.6 Å². The molecule has 0 radical (unpaired) electrons. The number of hydrogen-bond acceptors (Lipinski definition) is 8. The summed E-state index contributed by atoms with van der Waals surface area (Å²) in [7, 11) is 3.05. The van der Waals surface area contributed by atoms with Gasteiger partial charge in [-0.15, -0.1) is 10.2 Å². The first-order valence-electron chi connectivity index (χ1n) is 11.8. The Morgan fingerprint density at radius 2 is 1.92 bits per heavy atom. The van der Waals surface area contributed by atoms with E-state index < -0.39 is 17.5 Å². The molecule has 1 unspecified atom stereocenters. The van der Waals surface area contributed by atoms with Crippen molar-refractivity contribution >= 4 is 17.5 Å². The van der Waals surface area contributed by atoms with Crippen molar-refractivity contribution in [3.05, 3.63) is 36.1 Å². The van der Waals surface area contributed by atoms with Crippen molar-refractivity contribution in [2.45, 2.75) is 65.6 Å². The molecule has 36 heavy (non-hydrogen) atoms. The number of nitrogens with zero attached hydrogens (tertiary/aromatic N) is 5. The number of rotatable bonds is 10. The van der Waals surface area contributed by atoms with E-state index in [0.717, 1.165) is 0 Å². The molecule has 0 saturated heterocycles. The summed E-state index contributed by atoms with van der Waals surface area (Å²) in [6, 6.07) is 7.83. The zero-order valence-electron chi connectivity index (χ0n) is 21.9. The highest BCUT2D eigenvalue weighted by Gasteiger charge is 2.34. The minimum atomic E-state index is -0.792. The molecule has 3 rings (SSSR count). The number of hydrogen-bond donors (Lipinski definition) is 1. The second-order valence-electron chi connectivity index (χ2n) is 9.40. The number of methoxy groups -OCH3 is 2. The molecule has 1 N–H and O–H groups in total. The highest BCUT2D eigenvalue weighted by molar-refractivity contribution is 6.02. The topological polar surface area (TPSA) is 125 Å². The van der Waals surface area contributed by atoms with E-state index in [4.69, 9.17) is 13.9 Å². The number of aromatic nitrogens is 4. The van der Waals surface area contributed by atoms with Gasteiger partial charge in [0.25, 0.3) is 5.91 Å². The van der Waals surface area contributed by atoms with E-state index in [9.17, 15) is 9.59 Å². The molecule has 3 aromatic rings. The van der Waals surface area contributed by atoms with Gasteiger partial charge in [0.05, 0.1) is 19.9 Å². The molecule has 0 saturated carbocycles. The minimum Gasteiger partial charge on any atom is -0.497 e. The summed E-state index contributed by atoms with van der Waals surface area (Å²) in [5.41, 5.74) is -0.0430. The van der Waals surface area contributed by atoms with Crippen molar-refractivity contribution in [3.63, 3.8) is 0 Å². The lowest BCUT2D eigenvalue weighted by atomic mass is 10.0. The molecule has 11 heteroatoms. The molecule has 0 bridgehead atoms. The first-order chi connectivity index (χ1) is 17.1. The van der Waals surface area contributed by atoms with Crippen LogP contribution in [0.15, 0.2) is 34.7 Å². The average Bonchev–Trinajstić information content (AvgIpc) is 3.46. The molecule has 0 aliphatic heterocycles. The number of furan rings is 1. The molecule has 0 aliphatic rings. The van der Waals surface area contributed by atoms with Crippen LogP contribution in [0.25, 0.3) is 11.6 Å². The molecule has 2 heterocycles. The molecule has 11 nitrogen and oxygen atoms in total. The fourth-order valence-electron chi connectivity index (χ4n) is 3.72. The van der Waals surface area contributed by atoms with Gasteiger partial charge in [-0.25, -0.2) is 0 Å². The van der Waals surface area contributed by atoms with Gasteiger partial charge in [-0.3, -0.25) is 14.5 Å². The number of carbonyl (C=O) groups excluding carboxylic acids is 2. The van der Waals surface area contributed by atoms with E-state index in [1.807, 2.05) is 34.6 Å². The van der Waals surface area contributed by atoms with Crippen LogP contribution in [0.1, 0.15) is 46.3 Å². The number of anilines is 1. The van der Waals surface area contributed by atoms with Crippen molar-refractivity contribution in [1.82, 2.24) is 25.5 Å². The van der Waals surface area contributed by atoms with Gasteiger partial charge < -0.3 is 19.2 Å². The quantitative estimate of drug-likeness (QED) is 0.451. The first-order valence-corrected chi connectivity index (χ1v) is 11.8. The zero-order valence-corrected chi connectivity index (χ0v) is 21.9. The number of nitrogens with one attached hydrogen (secondary N) is 1. The Hall–Kier alpha value is -3.89. The van der Waals surface area contributed by atoms with Gasteiger partial charge in [-0.2, -0.15) is 4.80 Å². The predicted molar refractivity (Wildman–Crippen MR) is 134 cm³/mol. The van der Waals surface area contributed by atoms with Crippen LogP contribution in [0.3, 0.4) is 0 Å². The molecule has 0 fully saturated rings. The van der Waals surface area contributed by atoms with Crippen LogP contribution in [0.2, 0.25) is 0 Å². The van der Waals surface area contributed by atoms with E-state index in [0.29, 0.717) is 41.5 Å². The maximum atomic E-state index is 13.8. The van der Waals surface area contributed by atoms with E-state index in [1.54, 1.807) is 37.4 Å². The summed E-state index contributed by atoms with van der Waals surface area (Å²) >= 11 is 0. The van der Waals surface area contributed by atoms with Gasteiger partial charge >= 0.3 is 0 Å². The third-order valence-corrected chi connectivity index (χ3v) is 5.28. The number of aryl methyl sites for hydroxylation is 1. The molecule has 2 amide bonds. The van der Waals surface area contributed by atoms with Crippen molar-refractivity contribution in [1.29, 1.82) is 0 Å². The summed E-state index contributed by atoms with van der Waals surface area (Å²) in [6.07, 6.45) is 1.11. The molecular formula is C25H34N6O5. The largest absolute Gasteiger partial charge is 0.497 e. The van der Waals surface area contributed by atoms with Crippen LogP contribution in [0.4, 0.5) is 5.69 Å². The highest BCUT2D eigenvalue weighted by atomic mass is 16.5. The van der Waals surface area contributed by atoms with Crippen LogP contribution in [0.5, 0.6) is 11.5 Å². The van der Waals surface area contributed by atoms with Crippen molar-refractivity contribution in [2.24, 2.45) is 0 Å². The fourth-order valence-corrected chi connectivity index (χ4v) is 3.72. The lowest BCUT2D eigenvalue weighted by molar-refractivity contribution is -0.128. The molecule has 2 aromatic heterocycles. The second kappa shape index (κ2) is 11.2. The Morgan fingerprint density at radius 1 is 1.17 bits per heavy atom. The summed E-state index contributed by atoms with van der Waals surface area (Å²) < 4.78 is 16.4. The maximum absolute atomic E-state index is 13.8. The minimum absolute atomic E-state index is 0.245. The molecule has 194 valence electrons. The number of tetrazole rings is 1. The molecule has 0 spiro atoms. The predicted octanol–water partition coefficient (Wildman–Crippen LogP) is 3.38. The van der Waals surface area contributed by atoms with Crippen LogP contribution in [0, 0.1) is 6.92 Å². The highest BCUT2D eigenvalue weighted by Crippen LogP contribution is 2.34. The number of carbonyl (C=O) groups is 2. The summed E-state index contributed by atoms with van der Waals surface area (Å²) in [5.74, 6) is 1.71. The van der Waals surface area contributed by atoms with Crippen LogP contribution in [-0.2, 0) is 16.1 Å². The number of amides is 2. The van der Waals surface area contributed by atoms with E-state index in [-0.39, 0.29) is 18.3 Å². The van der Waals surface area contributed by atoms with E-state index in [2.05, 4.69) is 20.7 Å².